The Morgan fingerprint density at radius 2 is 0.727 bits per heavy atom. The van der Waals surface area contributed by atoms with E-state index in [1.807, 2.05) is 61.5 Å². The van der Waals surface area contributed by atoms with Gasteiger partial charge in [0.2, 0.25) is 0 Å². The molecule has 0 amide bonds. The topological polar surface area (TPSA) is 248 Å². The summed E-state index contributed by atoms with van der Waals surface area (Å²) in [5.74, 6) is -6.36. The number of aliphatic imine (C=N–C) groups is 1. The van der Waals surface area contributed by atoms with Gasteiger partial charge in [0, 0.05) is 11.4 Å². The van der Waals surface area contributed by atoms with E-state index in [1.54, 1.807) is 127 Å². The highest BCUT2D eigenvalue weighted by Crippen LogP contribution is 2.37. The molecule has 0 bridgehead atoms. The number of carbonyl (C=O) groups excluding carboxylic acids is 7. The molecule has 2 heterocycles. The molecule has 502 valence electrons. The lowest BCUT2D eigenvalue weighted by atomic mass is 9.95. The van der Waals surface area contributed by atoms with E-state index in [0.29, 0.717) is 11.4 Å². The maximum absolute atomic E-state index is 15.1. The summed E-state index contributed by atoms with van der Waals surface area (Å²) in [4.78, 5) is 108. The predicted octanol–water partition coefficient (Wildman–Crippen LogP) is 12.2. The summed E-state index contributed by atoms with van der Waals surface area (Å²) >= 11 is 7.10. The minimum atomic E-state index is -2.12. The number of anilines is 1. The van der Waals surface area contributed by atoms with Crippen molar-refractivity contribution in [3.8, 4) is 0 Å². The zero-order chi connectivity index (χ0) is 68.9. The summed E-state index contributed by atoms with van der Waals surface area (Å²) in [5, 5.41) is 6.58. The Morgan fingerprint density at radius 1 is 0.394 bits per heavy atom. The quantitative estimate of drug-likeness (QED) is 0.0210. The first-order chi connectivity index (χ1) is 48.3. The van der Waals surface area contributed by atoms with Gasteiger partial charge in [0.15, 0.2) is 53.3 Å². The maximum Gasteiger partial charge on any atom is 0.338 e. The van der Waals surface area contributed by atoms with Crippen molar-refractivity contribution in [3.63, 3.8) is 0 Å². The number of ether oxygens (including phenoxy) is 10. The van der Waals surface area contributed by atoms with Gasteiger partial charge in [0.05, 0.1) is 38.9 Å². The van der Waals surface area contributed by atoms with Crippen LogP contribution in [-0.2, 0) is 53.1 Å². The SMILES string of the molecule is Cc1ccccc1NC(=S)/N=C(/N[C@@H]1O[C@H](COC(=O)c2ccccc2)[C@@H](O[C@@H]2O[C@H](COC(=O)c3ccccc3)[C@H](OC(=O)c3ccccc3)[C@H](OC(=O)c3ccccc3)[C@H]2OC(=O)c2ccccc2)[C@H](OC(=O)c2ccccc2)[C@H]1OC(=O)c1ccccc1)SCc1ccccc1. The van der Waals surface area contributed by atoms with Crippen molar-refractivity contribution in [2.45, 2.75) is 74.0 Å². The van der Waals surface area contributed by atoms with Crippen molar-refractivity contribution in [1.82, 2.24) is 5.32 Å². The van der Waals surface area contributed by atoms with Gasteiger partial charge in [-0.2, -0.15) is 4.99 Å². The van der Waals surface area contributed by atoms with Crippen molar-refractivity contribution in [1.29, 1.82) is 0 Å². The van der Waals surface area contributed by atoms with Gasteiger partial charge in [0.1, 0.15) is 31.5 Å². The number of esters is 7. The molecule has 0 aliphatic carbocycles. The number of thiocarbonyl (C=S) groups is 1. The third-order valence-corrected chi connectivity index (χ3v) is 16.8. The molecule has 9 aromatic carbocycles. The number of benzene rings is 9. The van der Waals surface area contributed by atoms with Crippen LogP contribution in [0.3, 0.4) is 0 Å². The molecule has 99 heavy (non-hydrogen) atoms. The standard InChI is InChI=1S/C77H65N3O17S2/c1-49-28-26-27-45-58(49)78-76(98)80-77(99-48-50-29-10-2-11-30-50)79-67-65(95-73(86)56-41-22-8-23-42-56)63(93-71(84)54-37-18-6-19-38-54)62(59(90-67)46-88-68(81)51-31-12-3-13-32-51)97-75-66(96-74(87)57-43-24-9-25-44-57)64(94-72(85)55-39-20-7-21-40-55)61(92-70(83)53-35-16-5-17-36-53)60(91-75)47-89-69(82)52-33-14-4-15-34-52/h2-45,59-67,75H,46-48H2,1H3,(H2,78,79,80,98)/t59-,60-,61+,62-,63+,64+,65-,66-,67-,75+/m1/s1. The number of amidine groups is 1. The highest BCUT2D eigenvalue weighted by molar-refractivity contribution is 8.13. The monoisotopic (exact) mass is 1370 g/mol. The first-order valence-electron chi connectivity index (χ1n) is 31.4. The molecule has 2 saturated heterocycles. The van der Waals surface area contributed by atoms with Gasteiger partial charge >= 0.3 is 41.8 Å². The zero-order valence-electron chi connectivity index (χ0n) is 53.0. The fourth-order valence-corrected chi connectivity index (χ4v) is 11.7. The zero-order valence-corrected chi connectivity index (χ0v) is 54.6. The van der Waals surface area contributed by atoms with Gasteiger partial charge in [-0.05, 0) is 121 Å². The van der Waals surface area contributed by atoms with E-state index in [2.05, 4.69) is 10.6 Å². The van der Waals surface area contributed by atoms with Gasteiger partial charge in [-0.1, -0.05) is 188 Å². The third-order valence-electron chi connectivity index (χ3n) is 15.6. The molecule has 0 spiro atoms. The largest absolute Gasteiger partial charge is 0.459 e. The molecule has 9 aromatic rings. The average molecular weight is 1370 g/mol. The van der Waals surface area contributed by atoms with E-state index in [0.717, 1.165) is 11.1 Å². The molecule has 2 fully saturated rings. The predicted molar refractivity (Wildman–Crippen MR) is 370 cm³/mol. The van der Waals surface area contributed by atoms with E-state index in [-0.39, 0.29) is 49.2 Å². The van der Waals surface area contributed by atoms with Crippen LogP contribution in [0.5, 0.6) is 0 Å². The number of nitrogens with zero attached hydrogens (tertiary/aromatic N) is 1. The normalized spacial score (nSPS) is 20.3. The summed E-state index contributed by atoms with van der Waals surface area (Å²) in [6.45, 7) is 0.386. The van der Waals surface area contributed by atoms with Crippen LogP contribution >= 0.6 is 24.0 Å². The number of hydrogen-bond acceptors (Lipinski definition) is 19. The van der Waals surface area contributed by atoms with Crippen LogP contribution in [0.4, 0.5) is 5.69 Å². The van der Waals surface area contributed by atoms with Crippen molar-refractivity contribution >= 4 is 81.7 Å². The second kappa shape index (κ2) is 34.2. The van der Waals surface area contributed by atoms with E-state index in [1.165, 1.54) is 96.7 Å². The molecule has 2 aliphatic heterocycles. The van der Waals surface area contributed by atoms with Crippen LogP contribution in [0.1, 0.15) is 83.6 Å². The van der Waals surface area contributed by atoms with Gasteiger partial charge in [0.25, 0.3) is 0 Å². The smallest absolute Gasteiger partial charge is 0.338 e. The van der Waals surface area contributed by atoms with Crippen molar-refractivity contribution < 1.29 is 80.9 Å². The van der Waals surface area contributed by atoms with E-state index in [9.17, 15) is 28.8 Å². The molecular formula is C77H65N3O17S2. The van der Waals surface area contributed by atoms with Gasteiger partial charge in [-0.25, -0.2) is 33.6 Å². The summed E-state index contributed by atoms with van der Waals surface area (Å²) in [5.41, 5.74) is 2.71. The number of nitrogens with one attached hydrogen (secondary N) is 2. The molecule has 10 atom stereocenters. The molecule has 11 rings (SSSR count). The average Bonchev–Trinajstić information content (AvgIpc) is 0.765. The second-order valence-electron chi connectivity index (χ2n) is 22.4. The van der Waals surface area contributed by atoms with Crippen LogP contribution < -0.4 is 10.6 Å². The van der Waals surface area contributed by atoms with Crippen LogP contribution in [-0.4, -0.2) is 127 Å². The molecule has 2 N–H and O–H groups in total. The van der Waals surface area contributed by atoms with Crippen LogP contribution in [0, 0.1) is 6.92 Å². The molecule has 2 aliphatic rings. The Balaban J connectivity index is 1.09. The Labute approximate surface area is 579 Å². The van der Waals surface area contributed by atoms with Gasteiger partial charge in [-0.15, -0.1) is 0 Å². The number of aryl methyl sites for hydroxylation is 1. The first-order valence-corrected chi connectivity index (χ1v) is 32.8. The summed E-state index contributed by atoms with van der Waals surface area (Å²) < 4.78 is 65.8. The molecule has 0 unspecified atom stereocenters. The molecule has 0 aromatic heterocycles. The lowest BCUT2D eigenvalue weighted by Gasteiger charge is -2.49. The number of thioether (sulfide) groups is 1. The summed E-state index contributed by atoms with van der Waals surface area (Å²) in [6.07, 6.45) is -18.6. The van der Waals surface area contributed by atoms with Crippen LogP contribution in [0.2, 0.25) is 0 Å². The molecule has 20 nitrogen and oxygen atoms in total. The van der Waals surface area contributed by atoms with E-state index >= 15 is 4.79 Å². The van der Waals surface area contributed by atoms with E-state index < -0.39 is 116 Å². The van der Waals surface area contributed by atoms with Crippen molar-refractivity contribution in [3.05, 3.63) is 317 Å². The Bertz CT molecular complexity index is 4250. The maximum atomic E-state index is 15.1. The highest BCUT2D eigenvalue weighted by atomic mass is 32.2. The van der Waals surface area contributed by atoms with Gasteiger partial charge in [-0.3, -0.25) is 0 Å². The minimum Gasteiger partial charge on any atom is -0.459 e. The molecule has 22 heteroatoms. The van der Waals surface area contributed by atoms with Gasteiger partial charge < -0.3 is 58.0 Å². The Kier molecular flexibility index (Phi) is 23.9. The van der Waals surface area contributed by atoms with E-state index in [4.69, 9.17) is 64.6 Å². The molecule has 0 radical (unpaired) electrons. The second-order valence-corrected chi connectivity index (χ2v) is 23.8. The Morgan fingerprint density at radius 3 is 1.14 bits per heavy atom. The van der Waals surface area contributed by atoms with Crippen molar-refractivity contribution in [2.75, 3.05) is 18.5 Å². The lowest BCUT2D eigenvalue weighted by molar-refractivity contribution is -0.339. The molecule has 0 saturated carbocycles. The summed E-state index contributed by atoms with van der Waals surface area (Å²) in [6, 6.07) is 71.9. The Hall–Kier alpha value is -11.1. The summed E-state index contributed by atoms with van der Waals surface area (Å²) in [7, 11) is 0. The lowest BCUT2D eigenvalue weighted by Crippen LogP contribution is -2.69. The number of rotatable bonds is 22. The first kappa shape index (κ1) is 69.2. The van der Waals surface area contributed by atoms with Crippen molar-refractivity contribution in [2.24, 2.45) is 4.99 Å². The fraction of sp³-hybridized carbons (Fsp3) is 0.182. The minimum absolute atomic E-state index is 0.00170. The molecular weight excluding hydrogens is 1300 g/mol. The third kappa shape index (κ3) is 18.7. The highest BCUT2D eigenvalue weighted by Gasteiger charge is 2.58. The van der Waals surface area contributed by atoms with Crippen LogP contribution in [0.25, 0.3) is 0 Å². The number of para-hydroxylation sites is 1. The fourth-order valence-electron chi connectivity index (χ4n) is 10.6. The number of hydrogen-bond donors (Lipinski definition) is 2. The van der Waals surface area contributed by atoms with Crippen LogP contribution in [0.15, 0.2) is 272 Å². The number of carbonyl (C=O) groups is 7.